The molecule has 1 saturated heterocycles. The van der Waals surface area contributed by atoms with E-state index in [0.717, 1.165) is 66.5 Å². The molecule has 0 atom stereocenters. The number of anilines is 4. The van der Waals surface area contributed by atoms with Crippen molar-refractivity contribution in [1.29, 1.82) is 0 Å². The van der Waals surface area contributed by atoms with Crippen LogP contribution in [0.5, 0.6) is 0 Å². The van der Waals surface area contributed by atoms with Crippen LogP contribution in [0.25, 0.3) is 10.9 Å². The highest BCUT2D eigenvalue weighted by atomic mass is 16.5. The third-order valence-electron chi connectivity index (χ3n) is 5.54. The van der Waals surface area contributed by atoms with E-state index in [4.69, 9.17) is 9.72 Å². The van der Waals surface area contributed by atoms with Crippen molar-refractivity contribution in [3.05, 3.63) is 72.1 Å². The molecule has 0 bridgehead atoms. The van der Waals surface area contributed by atoms with Gasteiger partial charge in [-0.1, -0.05) is 18.2 Å². The lowest BCUT2D eigenvalue weighted by Crippen LogP contribution is -2.35. The lowest BCUT2D eigenvalue weighted by atomic mass is 10.2. The Bertz CT molecular complexity index is 1160. The molecule has 0 saturated carbocycles. The van der Waals surface area contributed by atoms with E-state index in [1.807, 2.05) is 25.4 Å². The summed E-state index contributed by atoms with van der Waals surface area (Å²) in [6.07, 6.45) is 3.78. The molecule has 7 heteroatoms. The molecule has 3 heterocycles. The van der Waals surface area contributed by atoms with E-state index >= 15 is 0 Å². The molecule has 1 aliphatic rings. The Labute approximate surface area is 181 Å². The number of H-pyrrole nitrogens is 1. The van der Waals surface area contributed by atoms with E-state index < -0.39 is 0 Å². The van der Waals surface area contributed by atoms with E-state index in [9.17, 15) is 0 Å². The first-order chi connectivity index (χ1) is 15.2. The summed E-state index contributed by atoms with van der Waals surface area (Å²) in [5.74, 6) is 1.35. The zero-order chi connectivity index (χ0) is 21.0. The summed E-state index contributed by atoms with van der Waals surface area (Å²) in [6.45, 7) is 6.57. The smallest absolute Gasteiger partial charge is 0.229 e. The van der Waals surface area contributed by atoms with Gasteiger partial charge >= 0.3 is 0 Å². The zero-order valence-corrected chi connectivity index (χ0v) is 17.6. The number of aromatic amines is 1. The van der Waals surface area contributed by atoms with Gasteiger partial charge in [-0.3, -0.25) is 4.90 Å². The quantitative estimate of drug-likeness (QED) is 0.428. The maximum Gasteiger partial charge on any atom is 0.229 e. The SMILES string of the molecule is Cc1cnc(Nc2ccc(CN3CCOCC3)cc2)nc1Nc1cccc2[nH]ccc12. The molecule has 0 unspecified atom stereocenters. The van der Waals surface area contributed by atoms with Gasteiger partial charge in [0, 0.05) is 59.9 Å². The molecule has 3 N–H and O–H groups in total. The fourth-order valence-corrected chi connectivity index (χ4v) is 3.79. The number of ether oxygens (including phenoxy) is 1. The Morgan fingerprint density at radius 1 is 1.03 bits per heavy atom. The zero-order valence-electron chi connectivity index (χ0n) is 17.6. The lowest BCUT2D eigenvalue weighted by molar-refractivity contribution is 0.0342. The molecule has 2 aromatic carbocycles. The minimum atomic E-state index is 0.565. The number of hydrogen-bond acceptors (Lipinski definition) is 6. The molecule has 1 aliphatic heterocycles. The molecular formula is C24H26N6O. The summed E-state index contributed by atoms with van der Waals surface area (Å²) < 4.78 is 5.42. The molecule has 5 rings (SSSR count). The molecule has 7 nitrogen and oxygen atoms in total. The van der Waals surface area contributed by atoms with Crippen LogP contribution in [0.4, 0.5) is 23.1 Å². The minimum absolute atomic E-state index is 0.565. The highest BCUT2D eigenvalue weighted by Crippen LogP contribution is 2.27. The van der Waals surface area contributed by atoms with Crippen LogP contribution in [0.15, 0.2) is 60.9 Å². The Kier molecular flexibility index (Phi) is 5.52. The second-order valence-corrected chi connectivity index (χ2v) is 7.81. The maximum absolute atomic E-state index is 5.42. The Morgan fingerprint density at radius 3 is 2.71 bits per heavy atom. The molecule has 0 amide bonds. The Balaban J connectivity index is 1.29. The van der Waals surface area contributed by atoms with Crippen molar-refractivity contribution < 1.29 is 4.74 Å². The van der Waals surface area contributed by atoms with Crippen molar-refractivity contribution in [2.45, 2.75) is 13.5 Å². The van der Waals surface area contributed by atoms with E-state index in [1.54, 1.807) is 0 Å². The van der Waals surface area contributed by atoms with Crippen molar-refractivity contribution in [3.63, 3.8) is 0 Å². The van der Waals surface area contributed by atoms with Gasteiger partial charge in [0.25, 0.3) is 0 Å². The summed E-state index contributed by atoms with van der Waals surface area (Å²) in [4.78, 5) is 14.8. The summed E-state index contributed by atoms with van der Waals surface area (Å²) in [7, 11) is 0. The van der Waals surface area contributed by atoms with E-state index in [-0.39, 0.29) is 0 Å². The van der Waals surface area contributed by atoms with Crippen molar-refractivity contribution in [3.8, 4) is 0 Å². The van der Waals surface area contributed by atoms with Crippen LogP contribution in [0, 0.1) is 6.92 Å². The van der Waals surface area contributed by atoms with Crippen LogP contribution in [0.3, 0.4) is 0 Å². The van der Waals surface area contributed by atoms with Crippen LogP contribution < -0.4 is 10.6 Å². The average molecular weight is 415 g/mol. The summed E-state index contributed by atoms with van der Waals surface area (Å²) >= 11 is 0. The predicted molar refractivity (Wildman–Crippen MR) is 124 cm³/mol. The maximum atomic E-state index is 5.42. The second-order valence-electron chi connectivity index (χ2n) is 7.81. The van der Waals surface area contributed by atoms with Gasteiger partial charge in [-0.05, 0) is 42.8 Å². The van der Waals surface area contributed by atoms with Gasteiger partial charge in [0.2, 0.25) is 5.95 Å². The Hall–Kier alpha value is -3.42. The van der Waals surface area contributed by atoms with Gasteiger partial charge in [-0.2, -0.15) is 4.98 Å². The number of aromatic nitrogens is 3. The highest BCUT2D eigenvalue weighted by molar-refractivity contribution is 5.93. The number of rotatable bonds is 6. The first-order valence-corrected chi connectivity index (χ1v) is 10.6. The number of hydrogen-bond donors (Lipinski definition) is 3. The Morgan fingerprint density at radius 2 is 1.87 bits per heavy atom. The molecule has 31 heavy (non-hydrogen) atoms. The minimum Gasteiger partial charge on any atom is -0.379 e. The molecule has 0 aliphatic carbocycles. The molecule has 2 aromatic heterocycles. The van der Waals surface area contributed by atoms with Crippen LogP contribution in [-0.4, -0.2) is 46.2 Å². The molecule has 0 spiro atoms. The summed E-state index contributed by atoms with van der Waals surface area (Å²) in [5, 5.41) is 7.90. The molecule has 4 aromatic rings. The monoisotopic (exact) mass is 414 g/mol. The molecule has 158 valence electrons. The first-order valence-electron chi connectivity index (χ1n) is 10.6. The average Bonchev–Trinajstić information content (AvgIpc) is 3.28. The van der Waals surface area contributed by atoms with Crippen molar-refractivity contribution in [1.82, 2.24) is 19.9 Å². The van der Waals surface area contributed by atoms with Crippen LogP contribution in [0.1, 0.15) is 11.1 Å². The number of nitrogens with zero attached hydrogens (tertiary/aromatic N) is 3. The third kappa shape index (κ3) is 4.52. The van der Waals surface area contributed by atoms with Crippen LogP contribution >= 0.6 is 0 Å². The summed E-state index contributed by atoms with van der Waals surface area (Å²) in [6, 6.07) is 16.6. The topological polar surface area (TPSA) is 78.1 Å². The van der Waals surface area contributed by atoms with E-state index in [2.05, 4.69) is 68.0 Å². The van der Waals surface area contributed by atoms with Gasteiger partial charge in [0.1, 0.15) is 5.82 Å². The lowest BCUT2D eigenvalue weighted by Gasteiger charge is -2.26. The van der Waals surface area contributed by atoms with E-state index in [0.29, 0.717) is 5.95 Å². The predicted octanol–water partition coefficient (Wildman–Crippen LogP) is 4.59. The van der Waals surface area contributed by atoms with Gasteiger partial charge in [0.15, 0.2) is 0 Å². The van der Waals surface area contributed by atoms with Gasteiger partial charge in [0.05, 0.1) is 13.2 Å². The van der Waals surface area contributed by atoms with E-state index in [1.165, 1.54) is 5.56 Å². The van der Waals surface area contributed by atoms with Crippen molar-refractivity contribution >= 4 is 34.0 Å². The second kappa shape index (κ2) is 8.75. The van der Waals surface area contributed by atoms with Gasteiger partial charge in [-0.15, -0.1) is 0 Å². The fraction of sp³-hybridized carbons (Fsp3) is 0.250. The third-order valence-corrected chi connectivity index (χ3v) is 5.54. The van der Waals surface area contributed by atoms with Crippen molar-refractivity contribution in [2.24, 2.45) is 0 Å². The standard InChI is InChI=1S/C24H26N6O/c1-17-15-26-24(29-23(17)28-22-4-2-3-21-20(22)9-10-25-21)27-19-7-5-18(6-8-19)16-30-11-13-31-14-12-30/h2-10,15,25H,11-14,16H2,1H3,(H2,26,27,28,29). The number of benzene rings is 2. The summed E-state index contributed by atoms with van der Waals surface area (Å²) in [5.41, 5.74) is 5.35. The van der Waals surface area contributed by atoms with Crippen molar-refractivity contribution in [2.75, 3.05) is 36.9 Å². The number of nitrogens with one attached hydrogen (secondary N) is 3. The number of fused-ring (bicyclic) bond motifs is 1. The number of aryl methyl sites for hydroxylation is 1. The van der Waals surface area contributed by atoms with Gasteiger partial charge < -0.3 is 20.4 Å². The largest absolute Gasteiger partial charge is 0.379 e. The van der Waals surface area contributed by atoms with Crippen LogP contribution in [0.2, 0.25) is 0 Å². The molecular weight excluding hydrogens is 388 g/mol. The molecule has 1 fully saturated rings. The first kappa shape index (κ1) is 19.5. The fourth-order valence-electron chi connectivity index (χ4n) is 3.79. The highest BCUT2D eigenvalue weighted by Gasteiger charge is 2.11. The number of morpholine rings is 1. The van der Waals surface area contributed by atoms with Crippen LogP contribution in [-0.2, 0) is 11.3 Å². The normalized spacial score (nSPS) is 14.6. The molecule has 0 radical (unpaired) electrons. The van der Waals surface area contributed by atoms with Gasteiger partial charge in [-0.25, -0.2) is 4.98 Å².